The van der Waals surface area contributed by atoms with Crippen LogP contribution < -0.4 is 19.5 Å². The highest BCUT2D eigenvalue weighted by Gasteiger charge is 2.23. The molecular formula is C22H27NO4. The van der Waals surface area contributed by atoms with Crippen LogP contribution in [0.15, 0.2) is 48.5 Å². The number of amides is 1. The maximum Gasteiger partial charge on any atom is 0.260 e. The lowest BCUT2D eigenvalue weighted by Crippen LogP contribution is -2.44. The molecule has 0 aromatic heterocycles. The summed E-state index contributed by atoms with van der Waals surface area (Å²) in [6.45, 7) is 8.99. The molecule has 0 saturated carbocycles. The maximum absolute atomic E-state index is 12.3. The summed E-state index contributed by atoms with van der Waals surface area (Å²) in [5.41, 5.74) is 1.31. The predicted molar refractivity (Wildman–Crippen MR) is 105 cm³/mol. The topological polar surface area (TPSA) is 56.8 Å². The van der Waals surface area contributed by atoms with Gasteiger partial charge in [-0.05, 0) is 42.2 Å². The number of benzene rings is 2. The van der Waals surface area contributed by atoms with Crippen molar-refractivity contribution in [2.45, 2.75) is 45.3 Å². The molecule has 0 fully saturated rings. The lowest BCUT2D eigenvalue weighted by Gasteiger charge is -2.27. The zero-order valence-corrected chi connectivity index (χ0v) is 16.3. The highest BCUT2D eigenvalue weighted by Crippen LogP contribution is 2.30. The van der Waals surface area contributed by atoms with Crippen LogP contribution in [0, 0.1) is 0 Å². The molecule has 3 rings (SSSR count). The molecule has 0 aliphatic carbocycles. The van der Waals surface area contributed by atoms with Crippen LogP contribution >= 0.6 is 0 Å². The molecule has 2 aromatic carbocycles. The molecule has 0 saturated heterocycles. The molecular weight excluding hydrogens is 342 g/mol. The monoisotopic (exact) mass is 369 g/mol. The Bertz CT molecular complexity index is 780. The molecule has 144 valence electrons. The van der Waals surface area contributed by atoms with E-state index in [2.05, 4.69) is 26.1 Å². The summed E-state index contributed by atoms with van der Waals surface area (Å²) in [6, 6.07) is 15.4. The number of fused-ring (bicyclic) bond motifs is 1. The smallest absolute Gasteiger partial charge is 0.260 e. The van der Waals surface area contributed by atoms with Crippen LogP contribution in [0.2, 0.25) is 0 Å². The first-order valence-corrected chi connectivity index (χ1v) is 9.26. The van der Waals surface area contributed by atoms with E-state index in [0.717, 1.165) is 5.75 Å². The SMILES string of the molecule is C[C@@H](Oc1ccc(C(C)(C)C)cc1)C(=O)NC[C@@H]1COc2ccccc2O1. The van der Waals surface area contributed by atoms with Gasteiger partial charge in [0.2, 0.25) is 0 Å². The molecule has 1 aliphatic rings. The summed E-state index contributed by atoms with van der Waals surface area (Å²) in [5.74, 6) is 1.93. The summed E-state index contributed by atoms with van der Waals surface area (Å²) in [6.07, 6.45) is -0.815. The van der Waals surface area contributed by atoms with Crippen molar-refractivity contribution >= 4 is 5.91 Å². The number of hydrogen-bond donors (Lipinski definition) is 1. The second-order valence-corrected chi connectivity index (χ2v) is 7.78. The van der Waals surface area contributed by atoms with Gasteiger partial charge in [-0.2, -0.15) is 0 Å². The van der Waals surface area contributed by atoms with E-state index < -0.39 is 6.10 Å². The van der Waals surface area contributed by atoms with Crippen LogP contribution in [0.1, 0.15) is 33.3 Å². The number of carbonyl (C=O) groups is 1. The largest absolute Gasteiger partial charge is 0.486 e. The Morgan fingerprint density at radius 1 is 1.15 bits per heavy atom. The minimum Gasteiger partial charge on any atom is -0.486 e. The van der Waals surface area contributed by atoms with Crippen molar-refractivity contribution in [3.05, 3.63) is 54.1 Å². The van der Waals surface area contributed by atoms with Gasteiger partial charge >= 0.3 is 0 Å². The molecule has 1 heterocycles. The second kappa shape index (κ2) is 7.91. The van der Waals surface area contributed by atoms with E-state index in [0.29, 0.717) is 24.7 Å². The van der Waals surface area contributed by atoms with E-state index in [1.807, 2.05) is 48.5 Å². The van der Waals surface area contributed by atoms with Gasteiger partial charge in [-0.25, -0.2) is 0 Å². The van der Waals surface area contributed by atoms with E-state index in [4.69, 9.17) is 14.2 Å². The van der Waals surface area contributed by atoms with E-state index in [1.165, 1.54) is 5.56 Å². The van der Waals surface area contributed by atoms with Crippen molar-refractivity contribution in [1.82, 2.24) is 5.32 Å². The predicted octanol–water partition coefficient (Wildman–Crippen LogP) is 3.71. The van der Waals surface area contributed by atoms with Crippen LogP contribution in [0.5, 0.6) is 17.2 Å². The van der Waals surface area contributed by atoms with Crippen molar-refractivity contribution in [1.29, 1.82) is 0 Å². The Labute approximate surface area is 160 Å². The number of carbonyl (C=O) groups excluding carboxylic acids is 1. The van der Waals surface area contributed by atoms with Gasteiger partial charge in [0.25, 0.3) is 5.91 Å². The highest BCUT2D eigenvalue weighted by atomic mass is 16.6. The van der Waals surface area contributed by atoms with Gasteiger partial charge in [0.15, 0.2) is 17.6 Å². The molecule has 0 bridgehead atoms. The van der Waals surface area contributed by atoms with Crippen LogP contribution in [0.3, 0.4) is 0 Å². The Balaban J connectivity index is 1.48. The fourth-order valence-electron chi connectivity index (χ4n) is 2.81. The highest BCUT2D eigenvalue weighted by molar-refractivity contribution is 5.80. The van der Waals surface area contributed by atoms with Crippen molar-refractivity contribution in [2.24, 2.45) is 0 Å². The molecule has 2 aromatic rings. The fourth-order valence-corrected chi connectivity index (χ4v) is 2.81. The zero-order valence-electron chi connectivity index (χ0n) is 16.3. The number of nitrogens with one attached hydrogen (secondary N) is 1. The zero-order chi connectivity index (χ0) is 19.4. The maximum atomic E-state index is 12.3. The third-order valence-electron chi connectivity index (χ3n) is 4.47. The van der Waals surface area contributed by atoms with Crippen LogP contribution in [0.4, 0.5) is 0 Å². The van der Waals surface area contributed by atoms with Crippen molar-refractivity contribution < 1.29 is 19.0 Å². The molecule has 5 nitrogen and oxygen atoms in total. The molecule has 0 spiro atoms. The van der Waals surface area contributed by atoms with Crippen LogP contribution in [0.25, 0.3) is 0 Å². The molecule has 1 amide bonds. The number of hydrogen-bond acceptors (Lipinski definition) is 4. The van der Waals surface area contributed by atoms with E-state index in [9.17, 15) is 4.79 Å². The summed E-state index contributed by atoms with van der Waals surface area (Å²) < 4.78 is 17.3. The third-order valence-corrected chi connectivity index (χ3v) is 4.47. The molecule has 1 N–H and O–H groups in total. The summed E-state index contributed by atoms with van der Waals surface area (Å²) in [7, 11) is 0. The molecule has 27 heavy (non-hydrogen) atoms. The van der Waals surface area contributed by atoms with E-state index in [-0.39, 0.29) is 17.4 Å². The minimum absolute atomic E-state index is 0.0855. The van der Waals surface area contributed by atoms with Crippen molar-refractivity contribution in [3.8, 4) is 17.2 Å². The molecule has 1 aliphatic heterocycles. The van der Waals surface area contributed by atoms with Gasteiger partial charge in [0.05, 0.1) is 6.54 Å². The number of ether oxygens (including phenoxy) is 3. The Hall–Kier alpha value is -2.69. The quantitative estimate of drug-likeness (QED) is 0.873. The summed E-state index contributed by atoms with van der Waals surface area (Å²) >= 11 is 0. The van der Waals surface area contributed by atoms with Gasteiger partial charge in [-0.15, -0.1) is 0 Å². The molecule has 0 unspecified atom stereocenters. The van der Waals surface area contributed by atoms with Gasteiger partial charge in [0.1, 0.15) is 18.5 Å². The van der Waals surface area contributed by atoms with Gasteiger partial charge in [-0.3, -0.25) is 4.79 Å². The number of para-hydroxylation sites is 2. The average Bonchev–Trinajstić information content (AvgIpc) is 2.65. The first-order chi connectivity index (χ1) is 12.8. The van der Waals surface area contributed by atoms with Gasteiger partial charge in [0, 0.05) is 0 Å². The second-order valence-electron chi connectivity index (χ2n) is 7.78. The van der Waals surface area contributed by atoms with E-state index >= 15 is 0 Å². The minimum atomic E-state index is -0.595. The summed E-state index contributed by atoms with van der Waals surface area (Å²) in [5, 5.41) is 2.87. The fraction of sp³-hybridized carbons (Fsp3) is 0.409. The molecule has 5 heteroatoms. The van der Waals surface area contributed by atoms with Crippen molar-refractivity contribution in [3.63, 3.8) is 0 Å². The number of rotatable bonds is 5. The average molecular weight is 369 g/mol. The Morgan fingerprint density at radius 2 is 1.81 bits per heavy atom. The third kappa shape index (κ3) is 4.94. The van der Waals surface area contributed by atoms with Gasteiger partial charge < -0.3 is 19.5 Å². The van der Waals surface area contributed by atoms with E-state index in [1.54, 1.807) is 6.92 Å². The standard InChI is InChI=1S/C22H27NO4/c1-15(26-17-11-9-16(10-12-17)22(2,3)4)21(24)23-13-18-14-25-19-7-5-6-8-20(19)27-18/h5-12,15,18H,13-14H2,1-4H3,(H,23,24)/t15-,18-/m1/s1. The normalized spacial score (nSPS) is 17.1. The first kappa shape index (κ1) is 19.1. The van der Waals surface area contributed by atoms with Crippen LogP contribution in [-0.2, 0) is 10.2 Å². The first-order valence-electron chi connectivity index (χ1n) is 9.26. The molecule has 0 radical (unpaired) electrons. The summed E-state index contributed by atoms with van der Waals surface area (Å²) in [4.78, 5) is 12.3. The van der Waals surface area contributed by atoms with Crippen molar-refractivity contribution in [2.75, 3.05) is 13.2 Å². The Kier molecular flexibility index (Phi) is 5.59. The Morgan fingerprint density at radius 3 is 2.48 bits per heavy atom. The lowest BCUT2D eigenvalue weighted by atomic mass is 9.87. The molecule has 2 atom stereocenters. The van der Waals surface area contributed by atoms with Gasteiger partial charge in [-0.1, -0.05) is 45.0 Å². The lowest BCUT2D eigenvalue weighted by molar-refractivity contribution is -0.127. The van der Waals surface area contributed by atoms with Crippen LogP contribution in [-0.4, -0.2) is 31.3 Å².